The molecule has 288 valence electrons. The van der Waals surface area contributed by atoms with Gasteiger partial charge in [-0.15, -0.1) is 0 Å². The first kappa shape index (κ1) is 40.7. The van der Waals surface area contributed by atoms with E-state index in [1.165, 1.54) is 79.4 Å². The normalized spacial score (nSPS) is 10.7. The molecule has 0 bridgehead atoms. The molecular weight excluding hydrogens is 716 g/mol. The number of esters is 2. The van der Waals surface area contributed by atoms with E-state index < -0.39 is 23.8 Å². The highest BCUT2D eigenvalue weighted by Gasteiger charge is 2.17. The molecule has 4 aromatic rings. The lowest BCUT2D eigenvalue weighted by molar-refractivity contribution is -0.122. The second-order valence-electron chi connectivity index (χ2n) is 11.2. The topological polar surface area (TPSA) is 191 Å². The molecule has 2 amide bonds. The number of amides is 2. The first-order valence-electron chi connectivity index (χ1n) is 16.5. The Balaban J connectivity index is 1.20. The Kier molecular flexibility index (Phi) is 15.0. The van der Waals surface area contributed by atoms with Crippen molar-refractivity contribution in [2.75, 3.05) is 42.7 Å². The molecule has 0 unspecified atom stereocenters. The van der Waals surface area contributed by atoms with Crippen LogP contribution in [0, 0.1) is 0 Å². The number of hydrogen-bond donors (Lipinski definition) is 2. The Labute approximate surface area is 316 Å². The van der Waals surface area contributed by atoms with E-state index in [1.807, 2.05) is 0 Å². The molecule has 0 saturated carbocycles. The summed E-state index contributed by atoms with van der Waals surface area (Å²) in [5, 5.41) is 7.90. The Hall–Kier alpha value is -7.10. The minimum atomic E-state index is -0.630. The number of nitrogens with zero attached hydrogens (tertiary/aromatic N) is 2. The largest absolute Gasteiger partial charge is 0.493 e. The van der Waals surface area contributed by atoms with E-state index in [1.54, 1.807) is 48.5 Å². The van der Waals surface area contributed by atoms with Gasteiger partial charge in [-0.1, -0.05) is 0 Å². The van der Waals surface area contributed by atoms with Gasteiger partial charge in [0.25, 0.3) is 0 Å². The zero-order chi connectivity index (χ0) is 39.7. The van der Waals surface area contributed by atoms with Gasteiger partial charge in [0.15, 0.2) is 46.0 Å². The summed E-state index contributed by atoms with van der Waals surface area (Å²) >= 11 is 0. The zero-order valence-electron chi connectivity index (χ0n) is 31.0. The number of methoxy groups -OCH3 is 6. The van der Waals surface area contributed by atoms with Crippen molar-refractivity contribution < 1.29 is 57.1 Å². The quantitative estimate of drug-likeness (QED) is 0.0602. The molecule has 0 spiro atoms. The van der Waals surface area contributed by atoms with E-state index in [-0.39, 0.29) is 53.4 Å². The summed E-state index contributed by atoms with van der Waals surface area (Å²) in [6.45, 7) is 0. The van der Waals surface area contributed by atoms with Crippen LogP contribution in [-0.4, -0.2) is 78.8 Å². The van der Waals surface area contributed by atoms with Crippen molar-refractivity contribution in [3.8, 4) is 46.0 Å². The second-order valence-corrected chi connectivity index (χ2v) is 11.2. The fourth-order valence-corrected chi connectivity index (χ4v) is 4.82. The van der Waals surface area contributed by atoms with Crippen molar-refractivity contribution >= 4 is 36.2 Å². The third-order valence-corrected chi connectivity index (χ3v) is 7.63. The van der Waals surface area contributed by atoms with Gasteiger partial charge >= 0.3 is 11.9 Å². The maximum absolute atomic E-state index is 12.7. The third-order valence-electron chi connectivity index (χ3n) is 7.63. The van der Waals surface area contributed by atoms with Crippen LogP contribution in [0.2, 0.25) is 0 Å². The summed E-state index contributed by atoms with van der Waals surface area (Å²) in [5.74, 6) is 0.512. The van der Waals surface area contributed by atoms with E-state index in [2.05, 4.69) is 21.1 Å². The van der Waals surface area contributed by atoms with Gasteiger partial charge in [-0.25, -0.2) is 20.4 Å². The molecule has 16 heteroatoms. The predicted molar refractivity (Wildman–Crippen MR) is 200 cm³/mol. The number of nitrogens with one attached hydrogen (secondary N) is 2. The fourth-order valence-electron chi connectivity index (χ4n) is 4.82. The van der Waals surface area contributed by atoms with Crippen molar-refractivity contribution in [3.05, 3.63) is 95.1 Å². The fraction of sp³-hybridized carbons (Fsp3) is 0.231. The van der Waals surface area contributed by atoms with Crippen LogP contribution in [0.25, 0.3) is 0 Å². The van der Waals surface area contributed by atoms with Crippen molar-refractivity contribution in [1.29, 1.82) is 0 Å². The molecule has 0 heterocycles. The van der Waals surface area contributed by atoms with Crippen LogP contribution in [0.3, 0.4) is 0 Å². The summed E-state index contributed by atoms with van der Waals surface area (Å²) in [6.07, 6.45) is 3.09. The summed E-state index contributed by atoms with van der Waals surface area (Å²) in [4.78, 5) is 50.0. The van der Waals surface area contributed by atoms with E-state index in [4.69, 9.17) is 37.9 Å². The van der Waals surface area contributed by atoms with E-state index in [9.17, 15) is 19.2 Å². The smallest absolute Gasteiger partial charge is 0.343 e. The van der Waals surface area contributed by atoms with Crippen molar-refractivity contribution in [1.82, 2.24) is 10.9 Å². The number of hydrazone groups is 2. The first-order chi connectivity index (χ1) is 26.6. The average molecular weight is 757 g/mol. The molecule has 0 saturated heterocycles. The summed E-state index contributed by atoms with van der Waals surface area (Å²) in [7, 11) is 8.76. The van der Waals surface area contributed by atoms with Gasteiger partial charge in [0.2, 0.25) is 11.8 Å². The zero-order valence-corrected chi connectivity index (χ0v) is 31.0. The van der Waals surface area contributed by atoms with Gasteiger partial charge < -0.3 is 37.9 Å². The second kappa shape index (κ2) is 20.2. The molecule has 4 aromatic carbocycles. The Morgan fingerprint density at radius 2 is 0.818 bits per heavy atom. The highest BCUT2D eigenvalue weighted by molar-refractivity contribution is 5.93. The molecule has 4 rings (SSSR count). The van der Waals surface area contributed by atoms with Crippen LogP contribution in [0.4, 0.5) is 0 Å². The van der Waals surface area contributed by atoms with Crippen LogP contribution < -0.4 is 48.7 Å². The number of rotatable bonds is 18. The van der Waals surface area contributed by atoms with E-state index in [0.29, 0.717) is 34.1 Å². The molecule has 55 heavy (non-hydrogen) atoms. The monoisotopic (exact) mass is 756 g/mol. The highest BCUT2D eigenvalue weighted by Crippen LogP contribution is 2.32. The number of carbonyl (C=O) groups is 4. The van der Waals surface area contributed by atoms with Crippen LogP contribution in [-0.2, 0) is 9.59 Å². The summed E-state index contributed by atoms with van der Waals surface area (Å²) in [5.41, 5.74) is 6.43. The van der Waals surface area contributed by atoms with Gasteiger partial charge in [-0.2, -0.15) is 10.2 Å². The number of benzene rings is 4. The molecule has 0 radical (unpaired) electrons. The van der Waals surface area contributed by atoms with Crippen molar-refractivity contribution in [2.45, 2.75) is 19.3 Å². The standard InChI is InChI=1S/C39H40N4O12/c1-48-28-16-12-26(20-34(28)52-5)38(46)54-30-14-10-24(18-32(30)50-3)22-40-42-36(44)8-7-9-37(45)43-41-23-25-11-15-31(33(19-25)51-4)55-39(47)27-13-17-29(49-2)35(21-27)53-6/h10-23H,7-9H2,1-6H3,(H,42,44)(H,43,45)/b40-22-,41-23+. The minimum absolute atomic E-state index is 0.0313. The lowest BCUT2D eigenvalue weighted by Crippen LogP contribution is -2.20. The molecule has 0 aliphatic heterocycles. The van der Waals surface area contributed by atoms with Crippen LogP contribution in [0.5, 0.6) is 46.0 Å². The molecule has 0 aliphatic rings. The number of ether oxygens (including phenoxy) is 8. The summed E-state index contributed by atoms with van der Waals surface area (Å²) < 4.78 is 42.6. The van der Waals surface area contributed by atoms with Crippen molar-refractivity contribution in [3.63, 3.8) is 0 Å². The Morgan fingerprint density at radius 1 is 0.473 bits per heavy atom. The number of carbonyl (C=O) groups excluding carboxylic acids is 4. The van der Waals surface area contributed by atoms with Gasteiger partial charge in [0.1, 0.15) is 0 Å². The van der Waals surface area contributed by atoms with Gasteiger partial charge in [-0.05, 0) is 90.3 Å². The van der Waals surface area contributed by atoms with E-state index >= 15 is 0 Å². The van der Waals surface area contributed by atoms with Crippen LogP contribution in [0.1, 0.15) is 51.1 Å². The lowest BCUT2D eigenvalue weighted by Gasteiger charge is -2.11. The third kappa shape index (κ3) is 11.4. The number of hydrogen-bond acceptors (Lipinski definition) is 14. The maximum Gasteiger partial charge on any atom is 0.343 e. The lowest BCUT2D eigenvalue weighted by atomic mass is 10.2. The van der Waals surface area contributed by atoms with Gasteiger partial charge in [0.05, 0.1) is 66.2 Å². The molecular formula is C39H40N4O12. The average Bonchev–Trinajstić information content (AvgIpc) is 3.20. The molecule has 0 aliphatic carbocycles. The Morgan fingerprint density at radius 3 is 1.18 bits per heavy atom. The van der Waals surface area contributed by atoms with Gasteiger partial charge in [0, 0.05) is 12.8 Å². The SMILES string of the molecule is COc1ccc(C(=O)Oc2ccc(/C=N\NC(=O)CCCC(=O)N/N=C/c3ccc(OC(=O)c4ccc(OC)c(OC)c4)c(OC)c3)cc2OC)cc1OC. The summed E-state index contributed by atoms with van der Waals surface area (Å²) in [6, 6.07) is 18.8. The van der Waals surface area contributed by atoms with Crippen LogP contribution in [0.15, 0.2) is 83.0 Å². The van der Waals surface area contributed by atoms with Crippen molar-refractivity contribution in [2.24, 2.45) is 10.2 Å². The van der Waals surface area contributed by atoms with Crippen LogP contribution >= 0.6 is 0 Å². The minimum Gasteiger partial charge on any atom is -0.493 e. The molecule has 2 N–H and O–H groups in total. The maximum atomic E-state index is 12.7. The van der Waals surface area contributed by atoms with Gasteiger partial charge in [-0.3, -0.25) is 9.59 Å². The molecule has 0 atom stereocenters. The Bertz CT molecular complexity index is 1920. The molecule has 0 fully saturated rings. The predicted octanol–water partition coefficient (Wildman–Crippen LogP) is 4.95. The first-order valence-corrected chi connectivity index (χ1v) is 16.5. The highest BCUT2D eigenvalue weighted by atomic mass is 16.6. The molecule has 16 nitrogen and oxygen atoms in total. The van der Waals surface area contributed by atoms with E-state index in [0.717, 1.165) is 0 Å². The molecule has 0 aromatic heterocycles.